The van der Waals surface area contributed by atoms with E-state index in [-0.39, 0.29) is 11.9 Å². The van der Waals surface area contributed by atoms with Gasteiger partial charge in [0.15, 0.2) is 0 Å². The minimum Gasteiger partial charge on any atom is -0.423 e. The second kappa shape index (κ2) is 6.91. The number of carbonyl (C=O) groups is 1. The molecule has 0 aliphatic carbocycles. The fraction of sp³-hybridized carbons (Fsp3) is 0.471. The summed E-state index contributed by atoms with van der Waals surface area (Å²) in [4.78, 5) is 12.3. The van der Waals surface area contributed by atoms with E-state index in [1.165, 1.54) is 0 Å². The molecule has 0 unspecified atom stereocenters. The first-order valence-electron chi connectivity index (χ1n) is 7.67. The lowest BCUT2D eigenvalue weighted by atomic mass is 9.98. The Morgan fingerprint density at radius 2 is 2.13 bits per heavy atom. The molecule has 23 heavy (non-hydrogen) atoms. The van der Waals surface area contributed by atoms with E-state index in [4.69, 9.17) is 4.42 Å². The molecule has 0 fully saturated rings. The topological polar surface area (TPSA) is 88.2 Å². The van der Waals surface area contributed by atoms with Crippen LogP contribution in [0, 0.1) is 6.92 Å². The summed E-state index contributed by atoms with van der Waals surface area (Å²) < 4.78 is 5.32. The normalized spacial score (nSPS) is 12.9. The summed E-state index contributed by atoms with van der Waals surface area (Å²) in [5.41, 5.74) is 0.866. The number of nitrogens with zero attached hydrogens (tertiary/aromatic N) is 2. The Labute approximate surface area is 135 Å². The fourth-order valence-corrected chi connectivity index (χ4v) is 2.15. The predicted octanol–water partition coefficient (Wildman–Crippen LogP) is 2.57. The van der Waals surface area contributed by atoms with Crippen molar-refractivity contribution >= 4 is 5.91 Å². The van der Waals surface area contributed by atoms with Gasteiger partial charge in [0, 0.05) is 12.5 Å². The number of hydrogen-bond acceptors (Lipinski definition) is 5. The Hall–Kier alpha value is -2.21. The molecule has 0 bridgehead atoms. The maximum absolute atomic E-state index is 12.3. The van der Waals surface area contributed by atoms with Gasteiger partial charge in [0.05, 0.1) is 5.60 Å². The Balaban J connectivity index is 2.02. The van der Waals surface area contributed by atoms with Crippen molar-refractivity contribution in [3.63, 3.8) is 0 Å². The summed E-state index contributed by atoms with van der Waals surface area (Å²) >= 11 is 0. The summed E-state index contributed by atoms with van der Waals surface area (Å²) in [6.45, 7) is 7.05. The molecule has 124 valence electrons. The van der Waals surface area contributed by atoms with Gasteiger partial charge in [-0.2, -0.15) is 0 Å². The molecule has 2 aromatic rings. The van der Waals surface area contributed by atoms with Crippen LogP contribution in [0.3, 0.4) is 0 Å². The van der Waals surface area contributed by atoms with E-state index in [2.05, 4.69) is 15.5 Å². The van der Waals surface area contributed by atoms with E-state index in [1.807, 2.05) is 18.2 Å². The van der Waals surface area contributed by atoms with Gasteiger partial charge in [0.1, 0.15) is 6.04 Å². The van der Waals surface area contributed by atoms with Crippen molar-refractivity contribution in [1.29, 1.82) is 0 Å². The van der Waals surface area contributed by atoms with Crippen LogP contribution in [0.4, 0.5) is 0 Å². The molecule has 0 saturated heterocycles. The largest absolute Gasteiger partial charge is 0.423 e. The molecular weight excluding hydrogens is 294 g/mol. The molecule has 2 rings (SSSR count). The lowest BCUT2D eigenvalue weighted by molar-refractivity contribution is 0.0714. The van der Waals surface area contributed by atoms with Crippen molar-refractivity contribution in [2.24, 2.45) is 0 Å². The standard InChI is InChI=1S/C17H23N3O3/c1-11(16-20-19-12(2)23-16)18-15(21)14-7-5-6-13(10-14)8-9-17(3,4)22/h5-7,10-11,22H,8-9H2,1-4H3,(H,18,21)/t11-/m0/s1. The highest BCUT2D eigenvalue weighted by Gasteiger charge is 2.17. The number of aliphatic hydroxyl groups is 1. The number of aryl methyl sites for hydroxylation is 2. The smallest absolute Gasteiger partial charge is 0.251 e. The second-order valence-corrected chi connectivity index (χ2v) is 6.37. The third kappa shape index (κ3) is 5.17. The highest BCUT2D eigenvalue weighted by atomic mass is 16.4. The Bertz CT molecular complexity index is 674. The molecule has 1 aromatic heterocycles. The van der Waals surface area contributed by atoms with Crippen LogP contribution in [0.25, 0.3) is 0 Å². The number of hydrogen-bond donors (Lipinski definition) is 2. The summed E-state index contributed by atoms with van der Waals surface area (Å²) in [5, 5.41) is 20.3. The number of nitrogens with one attached hydrogen (secondary N) is 1. The maximum Gasteiger partial charge on any atom is 0.251 e. The van der Waals surface area contributed by atoms with Crippen LogP contribution in [-0.2, 0) is 6.42 Å². The van der Waals surface area contributed by atoms with E-state index in [1.54, 1.807) is 33.8 Å². The van der Waals surface area contributed by atoms with Crippen LogP contribution in [0.1, 0.15) is 60.9 Å². The molecular formula is C17H23N3O3. The second-order valence-electron chi connectivity index (χ2n) is 6.37. The van der Waals surface area contributed by atoms with Crippen molar-refractivity contribution in [3.05, 3.63) is 47.2 Å². The van der Waals surface area contributed by atoms with Crippen molar-refractivity contribution < 1.29 is 14.3 Å². The average Bonchev–Trinajstić information content (AvgIpc) is 2.91. The Kier molecular flexibility index (Phi) is 5.15. The zero-order chi connectivity index (χ0) is 17.0. The minimum absolute atomic E-state index is 0.196. The molecule has 2 N–H and O–H groups in total. The predicted molar refractivity (Wildman–Crippen MR) is 86.0 cm³/mol. The summed E-state index contributed by atoms with van der Waals surface area (Å²) in [6.07, 6.45) is 1.35. The highest BCUT2D eigenvalue weighted by molar-refractivity contribution is 5.94. The van der Waals surface area contributed by atoms with Gasteiger partial charge in [0.2, 0.25) is 11.8 Å². The van der Waals surface area contributed by atoms with Crippen molar-refractivity contribution in [2.45, 2.75) is 52.2 Å². The molecule has 0 saturated carbocycles. The number of aromatic nitrogens is 2. The third-order valence-electron chi connectivity index (χ3n) is 3.47. The van der Waals surface area contributed by atoms with Gasteiger partial charge in [-0.05, 0) is 51.3 Å². The van der Waals surface area contributed by atoms with Crippen LogP contribution in [0.2, 0.25) is 0 Å². The summed E-state index contributed by atoms with van der Waals surface area (Å²) in [5.74, 6) is 0.655. The number of rotatable bonds is 6. The fourth-order valence-electron chi connectivity index (χ4n) is 2.15. The van der Waals surface area contributed by atoms with E-state index in [0.29, 0.717) is 30.2 Å². The monoisotopic (exact) mass is 317 g/mol. The SMILES string of the molecule is Cc1nnc([C@H](C)NC(=O)c2cccc(CCC(C)(C)O)c2)o1. The van der Waals surface area contributed by atoms with Crippen molar-refractivity contribution in [1.82, 2.24) is 15.5 Å². The first-order chi connectivity index (χ1) is 10.7. The zero-order valence-electron chi connectivity index (χ0n) is 14.0. The van der Waals surface area contributed by atoms with Gasteiger partial charge >= 0.3 is 0 Å². The molecule has 0 spiro atoms. The molecule has 6 nitrogen and oxygen atoms in total. The van der Waals surface area contributed by atoms with Crippen LogP contribution in [-0.4, -0.2) is 26.8 Å². The van der Waals surface area contributed by atoms with Crippen LogP contribution in [0.5, 0.6) is 0 Å². The molecule has 1 heterocycles. The quantitative estimate of drug-likeness (QED) is 0.855. The molecule has 0 aliphatic rings. The minimum atomic E-state index is -0.720. The van der Waals surface area contributed by atoms with Gasteiger partial charge < -0.3 is 14.8 Å². The van der Waals surface area contributed by atoms with E-state index < -0.39 is 5.60 Å². The highest BCUT2D eigenvalue weighted by Crippen LogP contribution is 2.16. The van der Waals surface area contributed by atoms with E-state index >= 15 is 0 Å². The van der Waals surface area contributed by atoms with Crippen LogP contribution >= 0.6 is 0 Å². The molecule has 6 heteroatoms. The van der Waals surface area contributed by atoms with Gasteiger partial charge in [-0.1, -0.05) is 12.1 Å². The van der Waals surface area contributed by atoms with Crippen molar-refractivity contribution in [2.75, 3.05) is 0 Å². The van der Waals surface area contributed by atoms with E-state index in [9.17, 15) is 9.90 Å². The zero-order valence-corrected chi connectivity index (χ0v) is 14.0. The Morgan fingerprint density at radius 3 is 2.74 bits per heavy atom. The van der Waals surface area contributed by atoms with Gasteiger partial charge in [-0.25, -0.2) is 0 Å². The molecule has 1 aromatic carbocycles. The number of carbonyl (C=O) groups excluding carboxylic acids is 1. The van der Waals surface area contributed by atoms with Gasteiger partial charge in [-0.3, -0.25) is 4.79 Å². The Morgan fingerprint density at radius 1 is 1.39 bits per heavy atom. The lowest BCUT2D eigenvalue weighted by Crippen LogP contribution is -2.27. The van der Waals surface area contributed by atoms with Gasteiger partial charge in [0.25, 0.3) is 5.91 Å². The maximum atomic E-state index is 12.3. The van der Waals surface area contributed by atoms with Crippen LogP contribution < -0.4 is 5.32 Å². The lowest BCUT2D eigenvalue weighted by Gasteiger charge is -2.17. The summed E-state index contributed by atoms with van der Waals surface area (Å²) in [6, 6.07) is 7.04. The number of amides is 1. The first kappa shape index (κ1) is 17.1. The average molecular weight is 317 g/mol. The molecule has 1 amide bonds. The van der Waals surface area contributed by atoms with Crippen molar-refractivity contribution in [3.8, 4) is 0 Å². The van der Waals surface area contributed by atoms with Gasteiger partial charge in [-0.15, -0.1) is 10.2 Å². The molecule has 1 atom stereocenters. The third-order valence-corrected chi connectivity index (χ3v) is 3.47. The van der Waals surface area contributed by atoms with E-state index in [0.717, 1.165) is 5.56 Å². The number of benzene rings is 1. The summed E-state index contributed by atoms with van der Waals surface area (Å²) in [7, 11) is 0. The first-order valence-corrected chi connectivity index (χ1v) is 7.67. The van der Waals surface area contributed by atoms with Crippen LogP contribution in [0.15, 0.2) is 28.7 Å². The molecule has 0 aliphatic heterocycles. The molecule has 0 radical (unpaired) electrons.